The van der Waals surface area contributed by atoms with E-state index < -0.39 is 5.60 Å². The fourth-order valence-corrected chi connectivity index (χ4v) is 3.23. The molecule has 1 amide bonds. The molecular weight excluding hydrogens is 282 g/mol. The van der Waals surface area contributed by atoms with Crippen LogP contribution in [0.2, 0.25) is 0 Å². The lowest BCUT2D eigenvalue weighted by Crippen LogP contribution is -2.58. The standard InChI is InChI=1S/C16H31N3O3/c1-16(2,3)22-15(21)19-9-8-18(11-14(19)12-20)10-13-4-6-17-7-5-13/h13-14,17,20H,4-12H2,1-3H3/t14-/m1/s1. The van der Waals surface area contributed by atoms with Crippen molar-refractivity contribution < 1.29 is 14.6 Å². The van der Waals surface area contributed by atoms with E-state index in [1.807, 2.05) is 20.8 Å². The molecule has 1 atom stereocenters. The number of aliphatic hydroxyl groups excluding tert-OH is 1. The highest BCUT2D eigenvalue weighted by atomic mass is 16.6. The van der Waals surface area contributed by atoms with E-state index in [-0.39, 0.29) is 18.7 Å². The summed E-state index contributed by atoms with van der Waals surface area (Å²) in [7, 11) is 0. The first-order valence-electron chi connectivity index (χ1n) is 8.42. The summed E-state index contributed by atoms with van der Waals surface area (Å²) in [6.07, 6.45) is 2.12. The molecule has 0 spiro atoms. The number of piperidine rings is 1. The third-order valence-corrected chi connectivity index (χ3v) is 4.38. The normalized spacial score (nSPS) is 25.3. The Morgan fingerprint density at radius 1 is 1.27 bits per heavy atom. The van der Waals surface area contributed by atoms with Gasteiger partial charge < -0.3 is 20.1 Å². The minimum Gasteiger partial charge on any atom is -0.444 e. The molecule has 6 heteroatoms. The second-order valence-corrected chi connectivity index (χ2v) is 7.46. The first-order chi connectivity index (χ1) is 10.4. The lowest BCUT2D eigenvalue weighted by molar-refractivity contribution is -0.0140. The smallest absolute Gasteiger partial charge is 0.410 e. The zero-order valence-corrected chi connectivity index (χ0v) is 14.2. The van der Waals surface area contributed by atoms with Crippen molar-refractivity contribution in [1.29, 1.82) is 0 Å². The first kappa shape index (κ1) is 17.5. The molecule has 0 aromatic rings. The third-order valence-electron chi connectivity index (χ3n) is 4.38. The van der Waals surface area contributed by atoms with E-state index in [2.05, 4.69) is 10.2 Å². The largest absolute Gasteiger partial charge is 0.444 e. The zero-order valence-electron chi connectivity index (χ0n) is 14.2. The molecule has 2 aliphatic rings. The van der Waals surface area contributed by atoms with Crippen LogP contribution in [0.15, 0.2) is 0 Å². The summed E-state index contributed by atoms with van der Waals surface area (Å²) in [5.41, 5.74) is -0.497. The molecule has 0 aromatic carbocycles. The highest BCUT2D eigenvalue weighted by Gasteiger charge is 2.33. The second kappa shape index (κ2) is 7.62. The summed E-state index contributed by atoms with van der Waals surface area (Å²) in [5.74, 6) is 0.730. The minimum atomic E-state index is -0.497. The Kier molecular flexibility index (Phi) is 6.06. The van der Waals surface area contributed by atoms with Crippen molar-refractivity contribution >= 4 is 6.09 Å². The number of rotatable bonds is 3. The van der Waals surface area contributed by atoms with E-state index in [1.165, 1.54) is 12.8 Å². The molecule has 0 radical (unpaired) electrons. The lowest BCUT2D eigenvalue weighted by atomic mass is 9.97. The van der Waals surface area contributed by atoms with Crippen LogP contribution >= 0.6 is 0 Å². The van der Waals surface area contributed by atoms with Gasteiger partial charge in [-0.05, 0) is 52.6 Å². The van der Waals surface area contributed by atoms with Crippen molar-refractivity contribution in [3.63, 3.8) is 0 Å². The number of nitrogens with zero attached hydrogens (tertiary/aromatic N) is 2. The summed E-state index contributed by atoms with van der Waals surface area (Å²) in [4.78, 5) is 16.3. The second-order valence-electron chi connectivity index (χ2n) is 7.46. The predicted octanol–water partition coefficient (Wildman–Crippen LogP) is 0.900. The van der Waals surface area contributed by atoms with Gasteiger partial charge in [0.1, 0.15) is 5.60 Å². The summed E-state index contributed by atoms with van der Waals surface area (Å²) in [6, 6.07) is -0.162. The molecule has 2 rings (SSSR count). The van der Waals surface area contributed by atoms with Gasteiger partial charge in [-0.15, -0.1) is 0 Å². The Morgan fingerprint density at radius 3 is 2.55 bits per heavy atom. The SMILES string of the molecule is CC(C)(C)OC(=O)N1CCN(CC2CCNCC2)C[C@@H]1CO. The molecule has 128 valence electrons. The van der Waals surface area contributed by atoms with E-state index in [9.17, 15) is 9.90 Å². The Morgan fingerprint density at radius 2 is 1.95 bits per heavy atom. The number of carbonyl (C=O) groups excluding carboxylic acids is 1. The van der Waals surface area contributed by atoms with Crippen LogP contribution < -0.4 is 5.32 Å². The number of aliphatic hydroxyl groups is 1. The van der Waals surface area contributed by atoms with Crippen LogP contribution in [0.5, 0.6) is 0 Å². The molecule has 6 nitrogen and oxygen atoms in total. The fraction of sp³-hybridized carbons (Fsp3) is 0.938. The van der Waals surface area contributed by atoms with E-state index in [0.29, 0.717) is 6.54 Å². The molecule has 0 aliphatic carbocycles. The molecule has 0 saturated carbocycles. The number of hydrogen-bond acceptors (Lipinski definition) is 5. The number of nitrogens with one attached hydrogen (secondary N) is 1. The van der Waals surface area contributed by atoms with Gasteiger partial charge >= 0.3 is 6.09 Å². The average molecular weight is 313 g/mol. The first-order valence-corrected chi connectivity index (χ1v) is 8.42. The summed E-state index contributed by atoms with van der Waals surface area (Å²) in [6.45, 7) is 11.1. The number of carbonyl (C=O) groups is 1. The maximum atomic E-state index is 12.2. The van der Waals surface area contributed by atoms with Crippen molar-refractivity contribution in [3.05, 3.63) is 0 Å². The molecule has 2 aliphatic heterocycles. The van der Waals surface area contributed by atoms with Gasteiger partial charge in [-0.25, -0.2) is 4.79 Å². The minimum absolute atomic E-state index is 0.0119. The molecule has 0 unspecified atom stereocenters. The van der Waals surface area contributed by atoms with E-state index in [1.54, 1.807) is 4.90 Å². The summed E-state index contributed by atoms with van der Waals surface area (Å²) in [5, 5.41) is 13.0. The molecule has 22 heavy (non-hydrogen) atoms. The van der Waals surface area contributed by atoms with Crippen LogP contribution in [-0.2, 0) is 4.74 Å². The van der Waals surface area contributed by atoms with Gasteiger partial charge in [-0.3, -0.25) is 4.90 Å². The Bertz CT molecular complexity index is 364. The number of piperazine rings is 1. The quantitative estimate of drug-likeness (QED) is 0.810. The maximum absolute atomic E-state index is 12.2. The summed E-state index contributed by atoms with van der Waals surface area (Å²) < 4.78 is 5.44. The highest BCUT2D eigenvalue weighted by Crippen LogP contribution is 2.19. The molecule has 2 saturated heterocycles. The van der Waals surface area contributed by atoms with Gasteiger partial charge in [0.05, 0.1) is 12.6 Å². The van der Waals surface area contributed by atoms with Crippen molar-refractivity contribution in [2.75, 3.05) is 45.9 Å². The van der Waals surface area contributed by atoms with Gasteiger partial charge in [0, 0.05) is 26.2 Å². The third kappa shape index (κ3) is 5.11. The number of ether oxygens (including phenoxy) is 1. The van der Waals surface area contributed by atoms with Gasteiger partial charge in [-0.1, -0.05) is 0 Å². The maximum Gasteiger partial charge on any atom is 0.410 e. The average Bonchev–Trinajstić information content (AvgIpc) is 2.46. The van der Waals surface area contributed by atoms with Gasteiger partial charge in [-0.2, -0.15) is 0 Å². The molecule has 0 bridgehead atoms. The zero-order chi connectivity index (χ0) is 16.2. The highest BCUT2D eigenvalue weighted by molar-refractivity contribution is 5.68. The molecule has 0 aromatic heterocycles. The fourth-order valence-electron chi connectivity index (χ4n) is 3.23. The molecule has 2 fully saturated rings. The van der Waals surface area contributed by atoms with Crippen molar-refractivity contribution in [2.45, 2.75) is 45.3 Å². The Labute approximate surface area is 133 Å². The number of hydrogen-bond donors (Lipinski definition) is 2. The van der Waals surface area contributed by atoms with E-state index in [0.717, 1.165) is 38.6 Å². The van der Waals surface area contributed by atoms with Crippen LogP contribution in [0, 0.1) is 5.92 Å². The van der Waals surface area contributed by atoms with Crippen LogP contribution in [-0.4, -0.2) is 78.5 Å². The lowest BCUT2D eigenvalue weighted by Gasteiger charge is -2.42. The van der Waals surface area contributed by atoms with Gasteiger partial charge in [0.2, 0.25) is 0 Å². The predicted molar refractivity (Wildman–Crippen MR) is 85.8 cm³/mol. The van der Waals surface area contributed by atoms with Crippen molar-refractivity contribution in [2.24, 2.45) is 5.92 Å². The molecule has 2 heterocycles. The molecular formula is C16H31N3O3. The van der Waals surface area contributed by atoms with Crippen LogP contribution in [0.1, 0.15) is 33.6 Å². The number of amides is 1. The van der Waals surface area contributed by atoms with Crippen molar-refractivity contribution in [1.82, 2.24) is 15.1 Å². The summed E-state index contributed by atoms with van der Waals surface area (Å²) >= 11 is 0. The topological polar surface area (TPSA) is 65.0 Å². The van der Waals surface area contributed by atoms with Gasteiger partial charge in [0.25, 0.3) is 0 Å². The van der Waals surface area contributed by atoms with Gasteiger partial charge in [0.15, 0.2) is 0 Å². The van der Waals surface area contributed by atoms with E-state index >= 15 is 0 Å². The van der Waals surface area contributed by atoms with Crippen LogP contribution in [0.3, 0.4) is 0 Å². The Hall–Kier alpha value is -0.850. The van der Waals surface area contributed by atoms with Crippen LogP contribution in [0.25, 0.3) is 0 Å². The van der Waals surface area contributed by atoms with Crippen molar-refractivity contribution in [3.8, 4) is 0 Å². The molecule has 2 N–H and O–H groups in total. The monoisotopic (exact) mass is 313 g/mol. The van der Waals surface area contributed by atoms with E-state index in [4.69, 9.17) is 4.74 Å². The van der Waals surface area contributed by atoms with Crippen LogP contribution in [0.4, 0.5) is 4.79 Å². The Balaban J connectivity index is 1.86.